The summed E-state index contributed by atoms with van der Waals surface area (Å²) in [5.74, 6) is 0. The first kappa shape index (κ1) is 18.1. The van der Waals surface area contributed by atoms with E-state index >= 15 is 0 Å². The van der Waals surface area contributed by atoms with Crippen LogP contribution < -0.4 is 10.6 Å². The van der Waals surface area contributed by atoms with Crippen LogP contribution in [0.4, 0.5) is 0 Å². The Hall–Kier alpha value is -0.903. The van der Waals surface area contributed by atoms with Crippen LogP contribution in [0.3, 0.4) is 0 Å². The van der Waals surface area contributed by atoms with Gasteiger partial charge in [0, 0.05) is 22.8 Å². The zero-order valence-corrected chi connectivity index (χ0v) is 13.0. The van der Waals surface area contributed by atoms with Crippen molar-refractivity contribution in [3.63, 3.8) is 0 Å². The molecule has 0 aliphatic carbocycles. The van der Waals surface area contributed by atoms with Gasteiger partial charge >= 0.3 is 18.9 Å². The second-order valence-corrected chi connectivity index (χ2v) is 6.54. The Morgan fingerprint density at radius 3 is 2.10 bits per heavy atom. The predicted octanol–water partition coefficient (Wildman–Crippen LogP) is 2.85. The molecule has 0 radical (unpaired) electrons. The summed E-state index contributed by atoms with van der Waals surface area (Å²) in [4.78, 5) is 11.1. The van der Waals surface area contributed by atoms with Crippen molar-refractivity contribution < 1.29 is 9.32 Å². The van der Waals surface area contributed by atoms with Crippen molar-refractivity contribution in [2.45, 2.75) is 20.8 Å². The van der Waals surface area contributed by atoms with Gasteiger partial charge in [0.25, 0.3) is 0 Å². The number of rotatable bonds is 5. The van der Waals surface area contributed by atoms with Crippen LogP contribution in [0.2, 0.25) is 0 Å². The van der Waals surface area contributed by atoms with Crippen molar-refractivity contribution in [2.24, 2.45) is 0 Å². The number of hydrogen-bond donors (Lipinski definition) is 0. The number of benzene rings is 2. The van der Waals surface area contributed by atoms with Crippen LogP contribution in [0, 0.1) is 13.8 Å². The molecule has 2 rings (SSSR count). The van der Waals surface area contributed by atoms with E-state index in [1.165, 1.54) is 5.30 Å². The number of aryl methyl sites for hydroxylation is 2. The second-order valence-electron chi connectivity index (χ2n) is 4.66. The molecule has 0 N–H and O–H groups in total. The van der Waals surface area contributed by atoms with E-state index in [0.717, 1.165) is 28.3 Å². The summed E-state index contributed by atoms with van der Waals surface area (Å²) in [6.45, 7) is 6.64. The standard InChI is InChI=1S/C17H19O2P.Li.H/c1-4-19-20(15-8-6-5-7-9-15)16-10-13(2)17(12-18)14(3)11-16;;/h5-12H,4H2,1-3H3;;. The fourth-order valence-electron chi connectivity index (χ4n) is 2.25. The molecule has 0 amide bonds. The Bertz CT molecular complexity index is 576. The minimum atomic E-state index is -0.817. The first-order valence-corrected chi connectivity index (χ1v) is 7.97. The summed E-state index contributed by atoms with van der Waals surface area (Å²) < 4.78 is 5.97. The monoisotopic (exact) mass is 294 g/mol. The molecule has 0 saturated carbocycles. The fourth-order valence-corrected chi connectivity index (χ4v) is 4.16. The Labute approximate surface area is 139 Å². The van der Waals surface area contributed by atoms with E-state index in [1.807, 2.05) is 39.0 Å². The van der Waals surface area contributed by atoms with Gasteiger partial charge in [-0.3, -0.25) is 4.79 Å². The Kier molecular flexibility index (Phi) is 7.36. The zero-order chi connectivity index (χ0) is 14.5. The van der Waals surface area contributed by atoms with E-state index in [4.69, 9.17) is 4.52 Å². The molecule has 0 bridgehead atoms. The average molecular weight is 294 g/mol. The fraction of sp³-hybridized carbons (Fsp3) is 0.235. The van der Waals surface area contributed by atoms with Gasteiger partial charge in [-0.05, 0) is 44.0 Å². The first-order chi connectivity index (χ1) is 9.67. The van der Waals surface area contributed by atoms with Gasteiger partial charge in [0.05, 0.1) is 8.15 Å². The third-order valence-corrected chi connectivity index (χ3v) is 5.19. The van der Waals surface area contributed by atoms with Crippen molar-refractivity contribution in [3.05, 3.63) is 59.2 Å². The van der Waals surface area contributed by atoms with Crippen molar-refractivity contribution in [1.29, 1.82) is 0 Å². The second kappa shape index (κ2) is 8.52. The molecule has 2 aromatic rings. The number of aldehydes is 1. The molecule has 0 fully saturated rings. The van der Waals surface area contributed by atoms with Crippen LogP contribution in [-0.4, -0.2) is 31.8 Å². The molecule has 106 valence electrons. The number of carbonyl (C=O) groups is 1. The predicted molar refractivity (Wildman–Crippen MR) is 92.7 cm³/mol. The quantitative estimate of drug-likeness (QED) is 0.481. The molecular formula is C17H20LiO2P. The van der Waals surface area contributed by atoms with Crippen molar-refractivity contribution in [3.8, 4) is 0 Å². The van der Waals surface area contributed by atoms with E-state index < -0.39 is 8.15 Å². The molecule has 0 spiro atoms. The van der Waals surface area contributed by atoms with Gasteiger partial charge in [-0.25, -0.2) is 0 Å². The van der Waals surface area contributed by atoms with Gasteiger partial charge in [0.15, 0.2) is 6.29 Å². The van der Waals surface area contributed by atoms with E-state index in [0.29, 0.717) is 6.61 Å². The number of hydrogen-bond acceptors (Lipinski definition) is 2. The first-order valence-electron chi connectivity index (χ1n) is 6.72. The molecule has 1 unspecified atom stereocenters. The molecule has 21 heavy (non-hydrogen) atoms. The van der Waals surface area contributed by atoms with Crippen molar-refractivity contribution >= 4 is 43.9 Å². The average Bonchev–Trinajstić information content (AvgIpc) is 2.45. The van der Waals surface area contributed by atoms with E-state index in [9.17, 15) is 4.79 Å². The van der Waals surface area contributed by atoms with Crippen LogP contribution in [0.25, 0.3) is 0 Å². The molecule has 0 heterocycles. The van der Waals surface area contributed by atoms with Crippen molar-refractivity contribution in [2.75, 3.05) is 6.61 Å². The molecule has 2 aromatic carbocycles. The Balaban J connectivity index is 0.00000220. The molecule has 2 nitrogen and oxygen atoms in total. The van der Waals surface area contributed by atoms with Gasteiger partial charge in [0.2, 0.25) is 0 Å². The molecule has 4 heteroatoms. The zero-order valence-electron chi connectivity index (χ0n) is 12.1. The van der Waals surface area contributed by atoms with Crippen molar-refractivity contribution in [1.82, 2.24) is 0 Å². The van der Waals surface area contributed by atoms with Gasteiger partial charge < -0.3 is 4.52 Å². The van der Waals surface area contributed by atoms with Gasteiger partial charge in [-0.1, -0.05) is 30.3 Å². The summed E-state index contributed by atoms with van der Waals surface area (Å²) in [5, 5.41) is 2.36. The van der Waals surface area contributed by atoms with Crippen LogP contribution >= 0.6 is 8.15 Å². The number of carbonyl (C=O) groups excluding carboxylic acids is 1. The molecule has 0 aromatic heterocycles. The maximum atomic E-state index is 11.1. The van der Waals surface area contributed by atoms with Crippen LogP contribution in [0.15, 0.2) is 42.5 Å². The maximum absolute atomic E-state index is 11.1. The molecule has 0 aliphatic rings. The molecule has 0 aliphatic heterocycles. The van der Waals surface area contributed by atoms with Crippen LogP contribution in [-0.2, 0) is 4.52 Å². The van der Waals surface area contributed by atoms with E-state index in [-0.39, 0.29) is 18.9 Å². The van der Waals surface area contributed by atoms with Gasteiger partial charge in [-0.2, -0.15) is 0 Å². The van der Waals surface area contributed by atoms with Gasteiger partial charge in [-0.15, -0.1) is 0 Å². The summed E-state index contributed by atoms with van der Waals surface area (Å²) >= 11 is 0. The summed E-state index contributed by atoms with van der Waals surface area (Å²) in [5.41, 5.74) is 2.81. The molecule has 0 saturated heterocycles. The van der Waals surface area contributed by atoms with Gasteiger partial charge in [0.1, 0.15) is 0 Å². The summed E-state index contributed by atoms with van der Waals surface area (Å²) in [6.07, 6.45) is 0.930. The summed E-state index contributed by atoms with van der Waals surface area (Å²) in [7, 11) is -0.817. The normalized spacial score (nSPS) is 11.6. The molecular weight excluding hydrogens is 274 g/mol. The SMILES string of the molecule is CCOP(c1ccccc1)c1cc(C)c(C=O)c(C)c1.[LiH]. The minimum absolute atomic E-state index is 0. The third-order valence-electron chi connectivity index (χ3n) is 3.18. The van der Waals surface area contributed by atoms with Crippen LogP contribution in [0.5, 0.6) is 0 Å². The topological polar surface area (TPSA) is 26.3 Å². The van der Waals surface area contributed by atoms with E-state index in [1.54, 1.807) is 0 Å². The Morgan fingerprint density at radius 2 is 1.62 bits per heavy atom. The molecule has 1 atom stereocenters. The van der Waals surface area contributed by atoms with E-state index in [2.05, 4.69) is 24.3 Å². The summed E-state index contributed by atoms with van der Waals surface area (Å²) in [6, 6.07) is 14.4. The Morgan fingerprint density at radius 1 is 1.05 bits per heavy atom. The third kappa shape index (κ3) is 4.28. The van der Waals surface area contributed by atoms with Crippen LogP contribution in [0.1, 0.15) is 28.4 Å².